The van der Waals surface area contributed by atoms with Gasteiger partial charge in [-0.25, -0.2) is 0 Å². The van der Waals surface area contributed by atoms with Gasteiger partial charge in [-0.2, -0.15) is 0 Å². The van der Waals surface area contributed by atoms with E-state index in [0.29, 0.717) is 6.61 Å². The van der Waals surface area contributed by atoms with Crippen LogP contribution in [0, 0.1) is 0 Å². The Balaban J connectivity index is 0. The normalized spacial score (nSPS) is 11.6. The highest BCUT2D eigenvalue weighted by atomic mass is 16.5. The van der Waals surface area contributed by atoms with Gasteiger partial charge in [0.2, 0.25) is 0 Å². The van der Waals surface area contributed by atoms with Crippen LogP contribution in [0.3, 0.4) is 0 Å². The van der Waals surface area contributed by atoms with Crippen molar-refractivity contribution in [3.63, 3.8) is 0 Å². The SMILES string of the molecule is CC(=O)OCCCCC(C)O.O. The number of carbonyl (C=O) groups is 1. The van der Waals surface area contributed by atoms with Gasteiger partial charge in [0, 0.05) is 6.92 Å². The van der Waals surface area contributed by atoms with Gasteiger partial charge in [0.25, 0.3) is 0 Å². The monoisotopic (exact) mass is 178 g/mol. The fraction of sp³-hybridized carbons (Fsp3) is 0.875. The number of unbranched alkanes of at least 4 members (excludes halogenated alkanes) is 1. The summed E-state index contributed by atoms with van der Waals surface area (Å²) in [6.07, 6.45) is 2.28. The molecule has 0 rings (SSSR count). The number of aliphatic hydroxyl groups is 1. The van der Waals surface area contributed by atoms with E-state index in [0.717, 1.165) is 19.3 Å². The lowest BCUT2D eigenvalue weighted by atomic mass is 10.2. The fourth-order valence-electron chi connectivity index (χ4n) is 0.758. The molecule has 3 N–H and O–H groups in total. The number of esters is 1. The lowest BCUT2D eigenvalue weighted by Crippen LogP contribution is -2.03. The van der Waals surface area contributed by atoms with Crippen LogP contribution in [0.25, 0.3) is 0 Å². The molecule has 0 amide bonds. The van der Waals surface area contributed by atoms with E-state index in [4.69, 9.17) is 9.84 Å². The molecule has 0 aromatic rings. The third-order valence-corrected chi connectivity index (χ3v) is 1.32. The second kappa shape index (κ2) is 8.49. The van der Waals surface area contributed by atoms with Crippen LogP contribution in [0.4, 0.5) is 0 Å². The van der Waals surface area contributed by atoms with Crippen molar-refractivity contribution in [2.75, 3.05) is 6.61 Å². The number of rotatable bonds is 5. The average Bonchev–Trinajstić information content (AvgIpc) is 1.85. The summed E-state index contributed by atoms with van der Waals surface area (Å²) in [7, 11) is 0. The molecule has 12 heavy (non-hydrogen) atoms. The van der Waals surface area contributed by atoms with Gasteiger partial charge in [0.05, 0.1) is 12.7 Å². The first-order chi connectivity index (χ1) is 5.13. The van der Waals surface area contributed by atoms with Gasteiger partial charge in [-0.1, -0.05) is 0 Å². The van der Waals surface area contributed by atoms with Gasteiger partial charge >= 0.3 is 5.97 Å². The van der Waals surface area contributed by atoms with E-state index < -0.39 is 0 Å². The Morgan fingerprint density at radius 1 is 1.50 bits per heavy atom. The zero-order valence-corrected chi connectivity index (χ0v) is 7.67. The molecule has 4 nitrogen and oxygen atoms in total. The first-order valence-corrected chi connectivity index (χ1v) is 3.94. The molecule has 0 aliphatic carbocycles. The predicted molar refractivity (Wildman–Crippen MR) is 45.8 cm³/mol. The van der Waals surface area contributed by atoms with E-state index in [2.05, 4.69) is 0 Å². The summed E-state index contributed by atoms with van der Waals surface area (Å²) in [5.41, 5.74) is 0. The number of hydrogen-bond donors (Lipinski definition) is 1. The summed E-state index contributed by atoms with van der Waals surface area (Å²) < 4.78 is 4.70. The molecule has 0 aliphatic rings. The highest BCUT2D eigenvalue weighted by molar-refractivity contribution is 5.65. The second-order valence-corrected chi connectivity index (χ2v) is 2.68. The van der Waals surface area contributed by atoms with Crippen LogP contribution < -0.4 is 0 Å². The van der Waals surface area contributed by atoms with Crippen molar-refractivity contribution in [1.82, 2.24) is 0 Å². The van der Waals surface area contributed by atoms with Crippen LogP contribution in [-0.2, 0) is 9.53 Å². The molecule has 1 atom stereocenters. The van der Waals surface area contributed by atoms with Gasteiger partial charge in [-0.05, 0) is 26.2 Å². The molecule has 0 aromatic carbocycles. The molecule has 0 saturated heterocycles. The maximum Gasteiger partial charge on any atom is 0.302 e. The predicted octanol–water partition coefficient (Wildman–Crippen LogP) is 0.276. The van der Waals surface area contributed by atoms with Gasteiger partial charge in [0.15, 0.2) is 0 Å². The van der Waals surface area contributed by atoms with E-state index in [9.17, 15) is 4.79 Å². The molecule has 0 radical (unpaired) electrons. The van der Waals surface area contributed by atoms with Crippen molar-refractivity contribution in [3.05, 3.63) is 0 Å². The maximum absolute atomic E-state index is 10.3. The Bertz CT molecular complexity index is 112. The quantitative estimate of drug-likeness (QED) is 0.485. The molecule has 0 fully saturated rings. The highest BCUT2D eigenvalue weighted by Crippen LogP contribution is 1.99. The zero-order chi connectivity index (χ0) is 8.69. The molecule has 0 aromatic heterocycles. The Hall–Kier alpha value is -0.610. The van der Waals surface area contributed by atoms with Crippen LogP contribution in [0.15, 0.2) is 0 Å². The molecule has 0 heterocycles. The minimum absolute atomic E-state index is 0. The standard InChI is InChI=1S/C8H16O3.H2O/c1-7(9)5-3-4-6-11-8(2)10;/h7,9H,3-6H2,1-2H3;1H2. The largest absolute Gasteiger partial charge is 0.466 e. The van der Waals surface area contributed by atoms with Crippen molar-refractivity contribution in [2.24, 2.45) is 0 Å². The summed E-state index contributed by atoms with van der Waals surface area (Å²) in [5, 5.41) is 8.85. The van der Waals surface area contributed by atoms with Gasteiger partial charge < -0.3 is 15.3 Å². The molecule has 0 aliphatic heterocycles. The summed E-state index contributed by atoms with van der Waals surface area (Å²) in [4.78, 5) is 10.3. The van der Waals surface area contributed by atoms with E-state index in [1.54, 1.807) is 6.92 Å². The average molecular weight is 178 g/mol. The van der Waals surface area contributed by atoms with E-state index in [-0.39, 0.29) is 17.5 Å². The molecule has 4 heteroatoms. The van der Waals surface area contributed by atoms with E-state index >= 15 is 0 Å². The van der Waals surface area contributed by atoms with Crippen LogP contribution in [0.2, 0.25) is 0 Å². The minimum Gasteiger partial charge on any atom is -0.466 e. The van der Waals surface area contributed by atoms with Crippen molar-refractivity contribution in [3.8, 4) is 0 Å². The minimum atomic E-state index is -0.243. The Kier molecular flexibility index (Phi) is 9.86. The second-order valence-electron chi connectivity index (χ2n) is 2.68. The van der Waals surface area contributed by atoms with Crippen LogP contribution in [0.1, 0.15) is 33.1 Å². The Morgan fingerprint density at radius 3 is 2.50 bits per heavy atom. The molecule has 0 bridgehead atoms. The van der Waals surface area contributed by atoms with Crippen molar-refractivity contribution < 1.29 is 20.1 Å². The number of carbonyl (C=O) groups excluding carboxylic acids is 1. The Morgan fingerprint density at radius 2 is 2.08 bits per heavy atom. The molecular formula is C8H18O4. The Labute approximate surface area is 72.8 Å². The van der Waals surface area contributed by atoms with Crippen molar-refractivity contribution >= 4 is 5.97 Å². The van der Waals surface area contributed by atoms with Crippen molar-refractivity contribution in [2.45, 2.75) is 39.2 Å². The lowest BCUT2D eigenvalue weighted by Gasteiger charge is -2.03. The molecule has 0 spiro atoms. The molecule has 74 valence electrons. The third-order valence-electron chi connectivity index (χ3n) is 1.32. The van der Waals surface area contributed by atoms with E-state index in [1.807, 2.05) is 0 Å². The van der Waals surface area contributed by atoms with Crippen LogP contribution >= 0.6 is 0 Å². The summed E-state index contributed by atoms with van der Waals surface area (Å²) in [5.74, 6) is -0.234. The maximum atomic E-state index is 10.3. The summed E-state index contributed by atoms with van der Waals surface area (Å²) >= 11 is 0. The molecule has 1 unspecified atom stereocenters. The first-order valence-electron chi connectivity index (χ1n) is 3.94. The smallest absolute Gasteiger partial charge is 0.302 e. The fourth-order valence-corrected chi connectivity index (χ4v) is 0.758. The van der Waals surface area contributed by atoms with Crippen LogP contribution in [-0.4, -0.2) is 29.3 Å². The summed E-state index contributed by atoms with van der Waals surface area (Å²) in [6, 6.07) is 0. The zero-order valence-electron chi connectivity index (χ0n) is 7.67. The highest BCUT2D eigenvalue weighted by Gasteiger charge is 1.96. The van der Waals surface area contributed by atoms with Gasteiger partial charge in [-0.15, -0.1) is 0 Å². The first kappa shape index (κ1) is 13.9. The van der Waals surface area contributed by atoms with E-state index in [1.165, 1.54) is 6.92 Å². The number of ether oxygens (including phenoxy) is 1. The van der Waals surface area contributed by atoms with Gasteiger partial charge in [-0.3, -0.25) is 4.79 Å². The van der Waals surface area contributed by atoms with Crippen molar-refractivity contribution in [1.29, 1.82) is 0 Å². The van der Waals surface area contributed by atoms with Crippen LogP contribution in [0.5, 0.6) is 0 Å². The third kappa shape index (κ3) is 12.1. The summed E-state index contributed by atoms with van der Waals surface area (Å²) in [6.45, 7) is 3.63. The molecule has 0 saturated carbocycles. The molecular weight excluding hydrogens is 160 g/mol. The van der Waals surface area contributed by atoms with Gasteiger partial charge in [0.1, 0.15) is 0 Å². The topological polar surface area (TPSA) is 78.0 Å². The number of aliphatic hydroxyl groups excluding tert-OH is 1. The number of hydrogen-bond acceptors (Lipinski definition) is 3. The lowest BCUT2D eigenvalue weighted by molar-refractivity contribution is -0.141.